The van der Waals surface area contributed by atoms with Crippen molar-refractivity contribution in [3.8, 4) is 21.3 Å². The first kappa shape index (κ1) is 13.0. The van der Waals surface area contributed by atoms with Crippen molar-refractivity contribution in [2.45, 2.75) is 0 Å². The first-order valence-electron chi connectivity index (χ1n) is 5.71. The van der Waals surface area contributed by atoms with Crippen molar-refractivity contribution >= 4 is 23.2 Å². The summed E-state index contributed by atoms with van der Waals surface area (Å²) >= 11 is 1.38. The maximum atomic E-state index is 11.0. The van der Waals surface area contributed by atoms with Crippen molar-refractivity contribution in [1.29, 1.82) is 0 Å². The standard InChI is InChI=1S/C11H8N6O3S/c18-10-13-9(16-17-10)7-3-2-6(21-7)5-1-4-8(15-14-5)12-11(19)20/h1-4H,(H,12,15)(H,19,20)(H2,13,16,17,18). The second-order valence-electron chi connectivity index (χ2n) is 3.92. The average Bonchev–Trinajstić information content (AvgIpc) is 3.07. The lowest BCUT2D eigenvalue weighted by Crippen LogP contribution is -2.09. The molecule has 0 aliphatic carbocycles. The zero-order valence-electron chi connectivity index (χ0n) is 10.3. The van der Waals surface area contributed by atoms with Crippen LogP contribution in [0.4, 0.5) is 10.6 Å². The number of aromatic amines is 2. The van der Waals surface area contributed by atoms with Crippen LogP contribution in [-0.4, -0.2) is 36.6 Å². The minimum atomic E-state index is -1.20. The predicted molar refractivity (Wildman–Crippen MR) is 75.2 cm³/mol. The van der Waals surface area contributed by atoms with Crippen molar-refractivity contribution < 1.29 is 9.90 Å². The maximum Gasteiger partial charge on any atom is 0.410 e. The summed E-state index contributed by atoms with van der Waals surface area (Å²) in [6, 6.07) is 6.80. The molecule has 0 bridgehead atoms. The van der Waals surface area contributed by atoms with Crippen LogP contribution in [0, 0.1) is 0 Å². The van der Waals surface area contributed by atoms with Gasteiger partial charge in [0.15, 0.2) is 11.6 Å². The summed E-state index contributed by atoms with van der Waals surface area (Å²) in [6.45, 7) is 0. The second-order valence-corrected chi connectivity index (χ2v) is 5.01. The van der Waals surface area contributed by atoms with E-state index < -0.39 is 6.09 Å². The van der Waals surface area contributed by atoms with Crippen LogP contribution in [0.5, 0.6) is 0 Å². The number of aromatic nitrogens is 5. The molecule has 0 aromatic carbocycles. The zero-order chi connectivity index (χ0) is 14.8. The number of hydrogen-bond donors (Lipinski definition) is 4. The van der Waals surface area contributed by atoms with Crippen LogP contribution in [0.25, 0.3) is 21.3 Å². The highest BCUT2D eigenvalue weighted by Gasteiger charge is 2.09. The molecule has 106 valence electrons. The van der Waals surface area contributed by atoms with Gasteiger partial charge in [0.2, 0.25) is 0 Å². The van der Waals surface area contributed by atoms with Crippen molar-refractivity contribution in [2.24, 2.45) is 0 Å². The predicted octanol–water partition coefficient (Wildman–Crippen LogP) is 1.37. The first-order valence-corrected chi connectivity index (χ1v) is 6.52. The van der Waals surface area contributed by atoms with Crippen molar-refractivity contribution in [3.63, 3.8) is 0 Å². The van der Waals surface area contributed by atoms with Gasteiger partial charge < -0.3 is 5.11 Å². The van der Waals surface area contributed by atoms with E-state index in [1.807, 2.05) is 6.07 Å². The number of H-pyrrole nitrogens is 2. The van der Waals surface area contributed by atoms with Gasteiger partial charge in [-0.25, -0.2) is 14.7 Å². The number of rotatable bonds is 3. The van der Waals surface area contributed by atoms with E-state index in [1.54, 1.807) is 12.1 Å². The molecule has 0 radical (unpaired) electrons. The minimum absolute atomic E-state index is 0.152. The lowest BCUT2D eigenvalue weighted by Gasteiger charge is -1.99. The smallest absolute Gasteiger partial charge is 0.410 e. The number of nitrogens with one attached hydrogen (secondary N) is 3. The Bertz CT molecular complexity index is 834. The molecule has 0 saturated carbocycles. The third-order valence-corrected chi connectivity index (χ3v) is 3.61. The van der Waals surface area contributed by atoms with E-state index in [1.165, 1.54) is 17.4 Å². The van der Waals surface area contributed by atoms with E-state index in [9.17, 15) is 9.59 Å². The van der Waals surface area contributed by atoms with Gasteiger partial charge in [0.25, 0.3) is 0 Å². The Morgan fingerprint density at radius 1 is 1.19 bits per heavy atom. The molecule has 4 N–H and O–H groups in total. The fraction of sp³-hybridized carbons (Fsp3) is 0. The van der Waals surface area contributed by atoms with Gasteiger partial charge in [-0.1, -0.05) is 0 Å². The van der Waals surface area contributed by atoms with Gasteiger partial charge in [-0.3, -0.25) is 10.3 Å². The van der Waals surface area contributed by atoms with E-state index in [2.05, 4.69) is 30.7 Å². The molecule has 0 aliphatic rings. The number of hydrogen-bond acceptors (Lipinski definition) is 6. The number of nitrogens with zero attached hydrogens (tertiary/aromatic N) is 3. The highest BCUT2D eigenvalue weighted by atomic mass is 32.1. The molecule has 3 aromatic heterocycles. The lowest BCUT2D eigenvalue weighted by molar-refractivity contribution is 0.209. The summed E-state index contributed by atoms with van der Waals surface area (Å²) in [4.78, 5) is 25.7. The molecule has 3 aromatic rings. The third-order valence-electron chi connectivity index (χ3n) is 2.49. The summed E-state index contributed by atoms with van der Waals surface area (Å²) < 4.78 is 0. The highest BCUT2D eigenvalue weighted by Crippen LogP contribution is 2.31. The van der Waals surface area contributed by atoms with E-state index >= 15 is 0 Å². The van der Waals surface area contributed by atoms with Gasteiger partial charge in [0.05, 0.1) is 9.75 Å². The Labute approximate surface area is 120 Å². The van der Waals surface area contributed by atoms with Crippen LogP contribution in [0.2, 0.25) is 0 Å². The molecule has 0 unspecified atom stereocenters. The van der Waals surface area contributed by atoms with Gasteiger partial charge in [0, 0.05) is 0 Å². The van der Waals surface area contributed by atoms with Crippen LogP contribution < -0.4 is 11.0 Å². The van der Waals surface area contributed by atoms with Gasteiger partial charge in [-0.15, -0.1) is 21.5 Å². The molecule has 0 saturated heterocycles. The Morgan fingerprint density at radius 2 is 2.00 bits per heavy atom. The average molecular weight is 304 g/mol. The molecular formula is C11H8N6O3S. The second kappa shape index (κ2) is 5.17. The van der Waals surface area contributed by atoms with Gasteiger partial charge >= 0.3 is 11.8 Å². The molecule has 3 rings (SSSR count). The molecule has 1 amide bonds. The van der Waals surface area contributed by atoms with Crippen LogP contribution in [0.15, 0.2) is 29.1 Å². The first-order chi connectivity index (χ1) is 10.1. The van der Waals surface area contributed by atoms with E-state index in [0.29, 0.717) is 11.5 Å². The van der Waals surface area contributed by atoms with E-state index in [4.69, 9.17) is 5.11 Å². The Balaban J connectivity index is 1.86. The monoisotopic (exact) mass is 304 g/mol. The van der Waals surface area contributed by atoms with Gasteiger partial charge in [0.1, 0.15) is 5.69 Å². The van der Waals surface area contributed by atoms with Crippen LogP contribution in [-0.2, 0) is 0 Å². The minimum Gasteiger partial charge on any atom is -0.465 e. The molecule has 0 fully saturated rings. The number of carbonyl (C=O) groups is 1. The summed E-state index contributed by atoms with van der Waals surface area (Å²) in [6.07, 6.45) is -1.20. The van der Waals surface area contributed by atoms with Crippen molar-refractivity contribution in [2.75, 3.05) is 5.32 Å². The maximum absolute atomic E-state index is 11.0. The molecule has 0 atom stereocenters. The highest BCUT2D eigenvalue weighted by molar-refractivity contribution is 7.18. The number of amides is 1. The molecule has 9 nitrogen and oxygen atoms in total. The quantitative estimate of drug-likeness (QED) is 0.577. The molecule has 3 heterocycles. The fourth-order valence-corrected chi connectivity index (χ4v) is 2.55. The van der Waals surface area contributed by atoms with Gasteiger partial charge in [-0.05, 0) is 24.3 Å². The van der Waals surface area contributed by atoms with Crippen molar-refractivity contribution in [3.05, 3.63) is 34.7 Å². The Hall–Kier alpha value is -3.01. The van der Waals surface area contributed by atoms with Crippen LogP contribution >= 0.6 is 11.3 Å². The number of anilines is 1. The topological polar surface area (TPSA) is 137 Å². The SMILES string of the molecule is O=C(O)Nc1ccc(-c2ccc(-c3n[nH]c(=O)[nH]3)s2)nn1. The molecule has 21 heavy (non-hydrogen) atoms. The molecular weight excluding hydrogens is 296 g/mol. The molecule has 0 spiro atoms. The zero-order valence-corrected chi connectivity index (χ0v) is 11.1. The Kier molecular flexibility index (Phi) is 3.20. The lowest BCUT2D eigenvalue weighted by atomic mass is 10.3. The molecule has 0 aliphatic heterocycles. The summed E-state index contributed by atoms with van der Waals surface area (Å²) in [5.41, 5.74) is 0.226. The molecule has 10 heteroatoms. The number of carboxylic acid groups (broad SMARTS) is 1. The largest absolute Gasteiger partial charge is 0.465 e. The summed E-state index contributed by atoms with van der Waals surface area (Å²) in [5.74, 6) is 0.605. The Morgan fingerprint density at radius 3 is 2.62 bits per heavy atom. The number of thiophene rings is 1. The van der Waals surface area contributed by atoms with Crippen molar-refractivity contribution in [1.82, 2.24) is 25.4 Å². The van der Waals surface area contributed by atoms with Crippen LogP contribution in [0.1, 0.15) is 0 Å². The van der Waals surface area contributed by atoms with E-state index in [-0.39, 0.29) is 11.5 Å². The third kappa shape index (κ3) is 2.79. The summed E-state index contributed by atoms with van der Waals surface area (Å²) in [5, 5.41) is 24.5. The fourth-order valence-electron chi connectivity index (χ4n) is 1.63. The van der Waals surface area contributed by atoms with Crippen LogP contribution in [0.3, 0.4) is 0 Å². The van der Waals surface area contributed by atoms with E-state index in [0.717, 1.165) is 9.75 Å². The normalized spacial score (nSPS) is 10.5. The summed E-state index contributed by atoms with van der Waals surface area (Å²) in [7, 11) is 0. The van der Waals surface area contributed by atoms with Gasteiger partial charge in [-0.2, -0.15) is 5.10 Å².